The van der Waals surface area contributed by atoms with Gasteiger partial charge in [-0.2, -0.15) is 15.0 Å². The molecular weight excluding hydrogens is 339 g/mol. The summed E-state index contributed by atoms with van der Waals surface area (Å²) < 4.78 is 1.76. The van der Waals surface area contributed by atoms with E-state index in [-0.39, 0.29) is 17.7 Å². The zero-order chi connectivity index (χ0) is 16.6. The summed E-state index contributed by atoms with van der Waals surface area (Å²) in [7, 11) is 0. The minimum Gasteiger partial charge on any atom is -0.370 e. The Labute approximate surface area is 140 Å². The van der Waals surface area contributed by atoms with E-state index in [2.05, 4.69) is 19.9 Å². The fourth-order valence-corrected chi connectivity index (χ4v) is 2.50. The third-order valence-corrected chi connectivity index (χ3v) is 3.93. The molecule has 0 amide bonds. The largest absolute Gasteiger partial charge is 0.370 e. The number of nitrogens with two attached hydrogens (primary N) is 3. The average molecular weight is 351 g/mol. The first kappa shape index (κ1) is 15.3. The second-order valence-electron chi connectivity index (χ2n) is 4.70. The minimum absolute atomic E-state index is 0.0384. The molecule has 0 spiro atoms. The number of benzene rings is 1. The molecule has 23 heavy (non-hydrogen) atoms. The first-order chi connectivity index (χ1) is 11.0. The number of hydrogen-bond donors (Lipinski definition) is 3. The van der Waals surface area contributed by atoms with Crippen LogP contribution in [0.1, 0.15) is 5.56 Å². The van der Waals surface area contributed by atoms with E-state index in [0.29, 0.717) is 27.8 Å². The van der Waals surface area contributed by atoms with Crippen molar-refractivity contribution in [3.8, 4) is 0 Å². The van der Waals surface area contributed by atoms with Crippen molar-refractivity contribution in [1.29, 1.82) is 0 Å². The smallest absolute Gasteiger partial charge is 0.224 e. The Hall–Kier alpha value is -2.58. The number of nitrogen functional groups attached to an aromatic ring is 1. The molecule has 0 fully saturated rings. The van der Waals surface area contributed by atoms with Gasteiger partial charge in [0.15, 0.2) is 22.9 Å². The van der Waals surface area contributed by atoms with Crippen LogP contribution in [0, 0.1) is 0 Å². The lowest BCUT2D eigenvalue weighted by Gasteiger charge is -2.07. The molecule has 8 nitrogen and oxygen atoms in total. The monoisotopic (exact) mass is 350 g/mol. The number of guanidine groups is 1. The highest BCUT2D eigenvalue weighted by atomic mass is 35.5. The number of halogens is 2. The maximum Gasteiger partial charge on any atom is 0.224 e. The first-order valence-electron chi connectivity index (χ1n) is 6.46. The van der Waals surface area contributed by atoms with Crippen LogP contribution in [0.2, 0.25) is 10.0 Å². The van der Waals surface area contributed by atoms with E-state index in [1.54, 1.807) is 17.0 Å². The molecule has 2 aromatic heterocycles. The number of aliphatic imine (C=N–C) groups is 1. The van der Waals surface area contributed by atoms with Crippen LogP contribution in [0.3, 0.4) is 0 Å². The van der Waals surface area contributed by atoms with Crippen LogP contribution in [0.5, 0.6) is 0 Å². The highest BCUT2D eigenvalue weighted by molar-refractivity contribution is 6.42. The molecule has 118 valence electrons. The molecule has 0 aliphatic heterocycles. The summed E-state index contributed by atoms with van der Waals surface area (Å²) in [6.07, 6.45) is 1.59. The van der Waals surface area contributed by atoms with E-state index in [4.69, 9.17) is 40.4 Å². The SMILES string of the molecule is NC(N)=Nc1nc(N)nc2c1ncn2Cc1cccc(Cl)c1Cl. The molecule has 1 aromatic carbocycles. The first-order valence-corrected chi connectivity index (χ1v) is 7.22. The summed E-state index contributed by atoms with van der Waals surface area (Å²) in [5, 5.41) is 0.950. The van der Waals surface area contributed by atoms with Crippen LogP contribution in [-0.2, 0) is 6.54 Å². The van der Waals surface area contributed by atoms with Gasteiger partial charge in [-0.15, -0.1) is 0 Å². The summed E-state index contributed by atoms with van der Waals surface area (Å²) >= 11 is 12.2. The van der Waals surface area contributed by atoms with E-state index in [0.717, 1.165) is 5.56 Å². The summed E-state index contributed by atoms with van der Waals surface area (Å²) in [5.41, 5.74) is 18.2. The molecule has 6 N–H and O–H groups in total. The molecular formula is C13H12Cl2N8. The molecule has 2 heterocycles. The normalized spacial score (nSPS) is 10.9. The summed E-state index contributed by atoms with van der Waals surface area (Å²) in [4.78, 5) is 16.3. The Kier molecular flexibility index (Phi) is 3.93. The Bertz CT molecular complexity index is 914. The molecule has 0 radical (unpaired) electrons. The maximum absolute atomic E-state index is 6.21. The van der Waals surface area contributed by atoms with Crippen molar-refractivity contribution in [2.45, 2.75) is 6.54 Å². The Morgan fingerprint density at radius 2 is 2.00 bits per heavy atom. The van der Waals surface area contributed by atoms with Crippen LogP contribution in [-0.4, -0.2) is 25.5 Å². The van der Waals surface area contributed by atoms with Gasteiger partial charge in [-0.05, 0) is 11.6 Å². The fraction of sp³-hybridized carbons (Fsp3) is 0.0769. The van der Waals surface area contributed by atoms with Gasteiger partial charge in [0.25, 0.3) is 0 Å². The molecule has 0 aliphatic rings. The number of aromatic nitrogens is 4. The van der Waals surface area contributed by atoms with Gasteiger partial charge in [0.05, 0.1) is 22.9 Å². The fourth-order valence-electron chi connectivity index (χ4n) is 2.12. The zero-order valence-electron chi connectivity index (χ0n) is 11.7. The van der Waals surface area contributed by atoms with Gasteiger partial charge in [0.1, 0.15) is 0 Å². The van der Waals surface area contributed by atoms with Gasteiger partial charge in [-0.25, -0.2) is 4.98 Å². The number of anilines is 1. The Morgan fingerprint density at radius 3 is 2.74 bits per heavy atom. The average Bonchev–Trinajstić information content (AvgIpc) is 2.86. The van der Waals surface area contributed by atoms with Crippen molar-refractivity contribution in [2.24, 2.45) is 16.5 Å². The topological polar surface area (TPSA) is 134 Å². The number of rotatable bonds is 3. The molecule has 0 bridgehead atoms. The van der Waals surface area contributed by atoms with Gasteiger partial charge in [0, 0.05) is 0 Å². The molecule has 0 saturated heterocycles. The predicted molar refractivity (Wildman–Crippen MR) is 90.8 cm³/mol. The molecule has 0 unspecified atom stereocenters. The second kappa shape index (κ2) is 5.90. The number of hydrogen-bond acceptors (Lipinski definition) is 5. The molecule has 10 heteroatoms. The van der Waals surface area contributed by atoms with Crippen molar-refractivity contribution in [3.63, 3.8) is 0 Å². The van der Waals surface area contributed by atoms with Gasteiger partial charge >= 0.3 is 0 Å². The zero-order valence-corrected chi connectivity index (χ0v) is 13.3. The van der Waals surface area contributed by atoms with E-state index in [9.17, 15) is 0 Å². The molecule has 0 atom stereocenters. The van der Waals surface area contributed by atoms with Gasteiger partial charge in [0.2, 0.25) is 5.95 Å². The third-order valence-electron chi connectivity index (χ3n) is 3.07. The third kappa shape index (κ3) is 2.99. The number of fused-ring (bicyclic) bond motifs is 1. The molecule has 3 aromatic rings. The molecule has 0 aliphatic carbocycles. The minimum atomic E-state index is -0.142. The Morgan fingerprint density at radius 1 is 1.22 bits per heavy atom. The molecule has 0 saturated carbocycles. The Balaban J connectivity index is 2.11. The summed E-state index contributed by atoms with van der Waals surface area (Å²) in [6, 6.07) is 5.40. The van der Waals surface area contributed by atoms with Crippen LogP contribution < -0.4 is 17.2 Å². The quantitative estimate of drug-likeness (QED) is 0.485. The lowest BCUT2D eigenvalue weighted by Crippen LogP contribution is -2.22. The van der Waals surface area contributed by atoms with Gasteiger partial charge in [-0.3, -0.25) is 0 Å². The van der Waals surface area contributed by atoms with Crippen molar-refractivity contribution >= 4 is 52.1 Å². The van der Waals surface area contributed by atoms with Crippen LogP contribution >= 0.6 is 23.2 Å². The van der Waals surface area contributed by atoms with Gasteiger partial charge < -0.3 is 21.8 Å². The van der Waals surface area contributed by atoms with E-state index < -0.39 is 0 Å². The van der Waals surface area contributed by atoms with E-state index in [1.807, 2.05) is 12.1 Å². The van der Waals surface area contributed by atoms with Crippen molar-refractivity contribution in [2.75, 3.05) is 5.73 Å². The summed E-state index contributed by atoms with van der Waals surface area (Å²) in [5.74, 6) is 0.108. The van der Waals surface area contributed by atoms with E-state index in [1.165, 1.54) is 0 Å². The van der Waals surface area contributed by atoms with Crippen molar-refractivity contribution in [3.05, 3.63) is 40.1 Å². The maximum atomic E-state index is 6.21. The number of imidazole rings is 1. The van der Waals surface area contributed by atoms with Crippen molar-refractivity contribution in [1.82, 2.24) is 19.5 Å². The summed E-state index contributed by atoms with van der Waals surface area (Å²) in [6.45, 7) is 0.410. The standard InChI is InChI=1S/C13H12Cl2N8/c14-7-3-1-2-6(8(7)15)4-23-5-19-9-10(20-12(16)17)21-13(18)22-11(9)23/h1-3,5H,4H2,(H6,16,17,18,20,21,22). The predicted octanol–water partition coefficient (Wildman–Crippen LogP) is 1.67. The van der Waals surface area contributed by atoms with Crippen LogP contribution in [0.4, 0.5) is 11.8 Å². The molecule has 3 rings (SSSR count). The van der Waals surface area contributed by atoms with Crippen molar-refractivity contribution < 1.29 is 0 Å². The van der Waals surface area contributed by atoms with E-state index >= 15 is 0 Å². The highest BCUT2D eigenvalue weighted by Gasteiger charge is 2.14. The lowest BCUT2D eigenvalue weighted by molar-refractivity contribution is 0.814. The van der Waals surface area contributed by atoms with Gasteiger partial charge in [-0.1, -0.05) is 35.3 Å². The number of nitrogens with zero attached hydrogens (tertiary/aromatic N) is 5. The lowest BCUT2D eigenvalue weighted by atomic mass is 10.2. The van der Waals surface area contributed by atoms with Crippen LogP contribution in [0.15, 0.2) is 29.5 Å². The van der Waals surface area contributed by atoms with Crippen LogP contribution in [0.25, 0.3) is 11.2 Å². The highest BCUT2D eigenvalue weighted by Crippen LogP contribution is 2.28. The second-order valence-corrected chi connectivity index (χ2v) is 5.48.